The molecule has 96 valence electrons. The summed E-state index contributed by atoms with van der Waals surface area (Å²) in [5.41, 5.74) is 0. The van der Waals surface area contributed by atoms with E-state index in [2.05, 4.69) is 10.2 Å². The summed E-state index contributed by atoms with van der Waals surface area (Å²) in [6, 6.07) is 10.9. The van der Waals surface area contributed by atoms with Crippen LogP contribution in [0.2, 0.25) is 0 Å². The third-order valence-corrected chi connectivity index (χ3v) is 2.73. The third kappa shape index (κ3) is 2.49. The van der Waals surface area contributed by atoms with Gasteiger partial charge < -0.3 is 14.3 Å². The van der Waals surface area contributed by atoms with Gasteiger partial charge in [-0.1, -0.05) is 12.1 Å². The molecule has 0 radical (unpaired) electrons. The summed E-state index contributed by atoms with van der Waals surface area (Å²) in [4.78, 5) is 0. The van der Waals surface area contributed by atoms with Crippen LogP contribution in [0.1, 0.15) is 11.8 Å². The van der Waals surface area contributed by atoms with E-state index in [0.717, 1.165) is 10.8 Å². The normalized spacial score (nSPS) is 10.8. The summed E-state index contributed by atoms with van der Waals surface area (Å²) < 4.78 is 10.8. The zero-order valence-corrected chi connectivity index (χ0v) is 10.3. The highest BCUT2D eigenvalue weighted by Gasteiger charge is 2.04. The highest BCUT2D eigenvalue weighted by Crippen LogP contribution is 2.24. The Morgan fingerprint density at radius 3 is 2.74 bits per heavy atom. The number of fused-ring (bicyclic) bond motifs is 1. The molecule has 0 amide bonds. The average molecular weight is 256 g/mol. The van der Waals surface area contributed by atoms with Gasteiger partial charge in [0.15, 0.2) is 6.61 Å². The molecule has 0 fully saturated rings. The maximum atomic E-state index is 9.46. The minimum atomic E-state index is 0.227. The summed E-state index contributed by atoms with van der Waals surface area (Å²) in [7, 11) is 0. The van der Waals surface area contributed by atoms with Gasteiger partial charge in [0, 0.05) is 6.92 Å². The number of aryl methyl sites for hydroxylation is 1. The van der Waals surface area contributed by atoms with E-state index in [4.69, 9.17) is 9.15 Å². The van der Waals surface area contributed by atoms with Crippen LogP contribution in [-0.4, -0.2) is 15.3 Å². The van der Waals surface area contributed by atoms with E-state index in [9.17, 15) is 5.11 Å². The topological polar surface area (TPSA) is 68.4 Å². The minimum Gasteiger partial charge on any atom is -0.508 e. The molecule has 3 rings (SSSR count). The number of benzene rings is 2. The van der Waals surface area contributed by atoms with E-state index in [1.165, 1.54) is 0 Å². The molecular formula is C14H12N2O3. The number of hydrogen-bond acceptors (Lipinski definition) is 5. The lowest BCUT2D eigenvalue weighted by Gasteiger charge is -2.05. The molecular weight excluding hydrogens is 244 g/mol. The van der Waals surface area contributed by atoms with E-state index < -0.39 is 0 Å². The van der Waals surface area contributed by atoms with Crippen molar-refractivity contribution in [2.45, 2.75) is 13.5 Å². The lowest BCUT2D eigenvalue weighted by Crippen LogP contribution is -1.95. The van der Waals surface area contributed by atoms with Gasteiger partial charge in [0.05, 0.1) is 0 Å². The van der Waals surface area contributed by atoms with Gasteiger partial charge in [-0.2, -0.15) is 0 Å². The Labute approximate surface area is 109 Å². The van der Waals surface area contributed by atoms with Crippen LogP contribution in [0.5, 0.6) is 11.5 Å². The van der Waals surface area contributed by atoms with Gasteiger partial charge in [-0.25, -0.2) is 0 Å². The molecule has 0 bridgehead atoms. The van der Waals surface area contributed by atoms with Gasteiger partial charge in [-0.05, 0) is 35.0 Å². The van der Waals surface area contributed by atoms with E-state index in [0.29, 0.717) is 17.5 Å². The van der Waals surface area contributed by atoms with Crippen LogP contribution in [0.15, 0.2) is 40.8 Å². The smallest absolute Gasteiger partial charge is 0.253 e. The van der Waals surface area contributed by atoms with Gasteiger partial charge >= 0.3 is 0 Å². The van der Waals surface area contributed by atoms with Crippen LogP contribution in [0.3, 0.4) is 0 Å². The molecule has 0 aliphatic heterocycles. The Morgan fingerprint density at radius 2 is 1.95 bits per heavy atom. The minimum absolute atomic E-state index is 0.227. The molecule has 5 heteroatoms. The highest BCUT2D eigenvalue weighted by molar-refractivity contribution is 5.85. The predicted molar refractivity (Wildman–Crippen MR) is 69.0 cm³/mol. The molecule has 0 saturated carbocycles. The molecule has 0 atom stereocenters. The lowest BCUT2D eigenvalue weighted by molar-refractivity contribution is 0.260. The van der Waals surface area contributed by atoms with Crippen molar-refractivity contribution in [2.24, 2.45) is 0 Å². The molecule has 3 aromatic rings. The van der Waals surface area contributed by atoms with Gasteiger partial charge in [0.2, 0.25) is 5.89 Å². The zero-order valence-electron chi connectivity index (χ0n) is 10.3. The van der Waals surface area contributed by atoms with Crippen molar-refractivity contribution in [3.05, 3.63) is 48.2 Å². The summed E-state index contributed by atoms with van der Waals surface area (Å²) >= 11 is 0. The number of rotatable bonds is 3. The Kier molecular flexibility index (Phi) is 2.79. The predicted octanol–water partition coefficient (Wildman–Crippen LogP) is 2.82. The standard InChI is InChI=1S/C14H12N2O3/c1-9-15-16-14(19-9)8-18-13-5-3-10-2-4-12(17)6-11(10)7-13/h2-7,17H,8H2,1H3. The Hall–Kier alpha value is -2.56. The van der Waals surface area contributed by atoms with Crippen molar-refractivity contribution in [1.82, 2.24) is 10.2 Å². The second-order valence-electron chi connectivity index (χ2n) is 4.20. The molecule has 0 spiro atoms. The van der Waals surface area contributed by atoms with Gasteiger partial charge in [0.25, 0.3) is 5.89 Å². The van der Waals surface area contributed by atoms with Crippen LogP contribution >= 0.6 is 0 Å². The first-order chi connectivity index (χ1) is 9.20. The van der Waals surface area contributed by atoms with E-state index in [1.807, 2.05) is 24.3 Å². The lowest BCUT2D eigenvalue weighted by atomic mass is 10.1. The number of hydrogen-bond donors (Lipinski definition) is 1. The van der Waals surface area contributed by atoms with Gasteiger partial charge in [-0.3, -0.25) is 0 Å². The number of aromatic nitrogens is 2. The van der Waals surface area contributed by atoms with E-state index in [1.54, 1.807) is 19.1 Å². The van der Waals surface area contributed by atoms with Gasteiger partial charge in [-0.15, -0.1) is 10.2 Å². The quantitative estimate of drug-likeness (QED) is 0.780. The molecule has 0 aliphatic rings. The molecule has 0 aliphatic carbocycles. The number of phenols is 1. The maximum Gasteiger partial charge on any atom is 0.253 e. The second kappa shape index (κ2) is 4.61. The molecule has 0 unspecified atom stereocenters. The fraction of sp³-hybridized carbons (Fsp3) is 0.143. The van der Waals surface area contributed by atoms with Crippen LogP contribution in [0.25, 0.3) is 10.8 Å². The van der Waals surface area contributed by atoms with Crippen molar-refractivity contribution >= 4 is 10.8 Å². The first kappa shape index (κ1) is 11.5. The highest BCUT2D eigenvalue weighted by atomic mass is 16.5. The first-order valence-electron chi connectivity index (χ1n) is 5.85. The van der Waals surface area contributed by atoms with Crippen molar-refractivity contribution in [3.63, 3.8) is 0 Å². The molecule has 5 nitrogen and oxygen atoms in total. The fourth-order valence-corrected chi connectivity index (χ4v) is 1.84. The first-order valence-corrected chi connectivity index (χ1v) is 5.85. The van der Waals surface area contributed by atoms with Crippen LogP contribution in [0, 0.1) is 6.92 Å². The Morgan fingerprint density at radius 1 is 1.11 bits per heavy atom. The van der Waals surface area contributed by atoms with Crippen molar-refractivity contribution < 1.29 is 14.3 Å². The Bertz CT molecular complexity index is 722. The molecule has 1 heterocycles. The van der Waals surface area contributed by atoms with Crippen molar-refractivity contribution in [1.29, 1.82) is 0 Å². The summed E-state index contributed by atoms with van der Waals surface area (Å²) in [6.45, 7) is 1.96. The molecule has 2 aromatic carbocycles. The Balaban J connectivity index is 1.81. The molecule has 1 aromatic heterocycles. The molecule has 0 saturated heterocycles. The average Bonchev–Trinajstić information content (AvgIpc) is 2.81. The third-order valence-electron chi connectivity index (χ3n) is 2.73. The van der Waals surface area contributed by atoms with Crippen molar-refractivity contribution in [2.75, 3.05) is 0 Å². The monoisotopic (exact) mass is 256 g/mol. The number of aromatic hydroxyl groups is 1. The van der Waals surface area contributed by atoms with Crippen molar-refractivity contribution in [3.8, 4) is 11.5 Å². The van der Waals surface area contributed by atoms with Gasteiger partial charge in [0.1, 0.15) is 11.5 Å². The summed E-state index contributed by atoms with van der Waals surface area (Å²) in [6.07, 6.45) is 0. The summed E-state index contributed by atoms with van der Waals surface area (Å²) in [5, 5.41) is 19.0. The molecule has 1 N–H and O–H groups in total. The van der Waals surface area contributed by atoms with Crippen LogP contribution in [0.4, 0.5) is 0 Å². The van der Waals surface area contributed by atoms with Crippen LogP contribution in [-0.2, 0) is 6.61 Å². The summed E-state index contributed by atoms with van der Waals surface area (Å²) in [5.74, 6) is 1.88. The van der Waals surface area contributed by atoms with E-state index in [-0.39, 0.29) is 12.4 Å². The fourth-order valence-electron chi connectivity index (χ4n) is 1.84. The zero-order chi connectivity index (χ0) is 13.2. The molecule has 19 heavy (non-hydrogen) atoms. The SMILES string of the molecule is Cc1nnc(COc2ccc3ccc(O)cc3c2)o1. The number of nitrogens with zero attached hydrogens (tertiary/aromatic N) is 2. The van der Waals surface area contributed by atoms with Crippen LogP contribution < -0.4 is 4.74 Å². The second-order valence-corrected chi connectivity index (χ2v) is 4.20. The largest absolute Gasteiger partial charge is 0.508 e. The number of phenolic OH excluding ortho intramolecular Hbond substituents is 1. The maximum absolute atomic E-state index is 9.46. The number of ether oxygens (including phenoxy) is 1. The van der Waals surface area contributed by atoms with E-state index >= 15 is 0 Å².